The molecule has 8 heteroatoms. The topological polar surface area (TPSA) is 110 Å². The monoisotopic (exact) mass is 276 g/mol. The quantitative estimate of drug-likeness (QED) is 0.783. The van der Waals surface area contributed by atoms with Gasteiger partial charge in [-0.25, -0.2) is 13.1 Å². The molecule has 0 saturated heterocycles. The molecule has 0 bridgehead atoms. The molecule has 0 unspecified atom stereocenters. The van der Waals surface area contributed by atoms with Crippen LogP contribution in [0.5, 0.6) is 0 Å². The van der Waals surface area contributed by atoms with E-state index in [9.17, 15) is 13.2 Å². The van der Waals surface area contributed by atoms with Crippen LogP contribution < -0.4 is 4.72 Å². The summed E-state index contributed by atoms with van der Waals surface area (Å²) in [6.07, 6.45) is 0. The molecule has 2 N–H and O–H groups in total. The number of sulfonamides is 1. The Kier molecular flexibility index (Phi) is 4.47. The molecular formula is C10H16N2O5S. The maximum Gasteiger partial charge on any atom is 0.321 e. The van der Waals surface area contributed by atoms with Crippen LogP contribution in [-0.4, -0.2) is 30.7 Å². The Hall–Kier alpha value is -1.41. The molecule has 0 amide bonds. The van der Waals surface area contributed by atoms with Crippen molar-refractivity contribution >= 4 is 16.0 Å². The standard InChI is InChI=1S/C10H16N2O5S/c1-6(2)9(10(13)14)12-18(15,16)5-8-4-7(3)17-11-8/h4,6,9,12H,5H2,1-3H3,(H,13,14)/t9-/m0/s1. The highest BCUT2D eigenvalue weighted by molar-refractivity contribution is 7.88. The van der Waals surface area contributed by atoms with E-state index >= 15 is 0 Å². The van der Waals surface area contributed by atoms with E-state index in [1.165, 1.54) is 6.07 Å². The van der Waals surface area contributed by atoms with Gasteiger partial charge in [0.25, 0.3) is 0 Å². The summed E-state index contributed by atoms with van der Waals surface area (Å²) in [6.45, 7) is 4.90. The number of carboxylic acids is 1. The van der Waals surface area contributed by atoms with Gasteiger partial charge in [-0.3, -0.25) is 4.79 Å². The van der Waals surface area contributed by atoms with Crippen LogP contribution >= 0.6 is 0 Å². The zero-order valence-electron chi connectivity index (χ0n) is 10.4. The van der Waals surface area contributed by atoms with Crippen LogP contribution in [0.2, 0.25) is 0 Å². The molecule has 0 spiro atoms. The number of aliphatic carboxylic acids is 1. The summed E-state index contributed by atoms with van der Waals surface area (Å²) >= 11 is 0. The third kappa shape index (κ3) is 4.11. The first-order valence-electron chi connectivity index (χ1n) is 5.36. The van der Waals surface area contributed by atoms with E-state index in [0.29, 0.717) is 5.76 Å². The maximum absolute atomic E-state index is 11.8. The van der Waals surface area contributed by atoms with Crippen LogP contribution in [0.1, 0.15) is 25.3 Å². The summed E-state index contributed by atoms with van der Waals surface area (Å²) in [5, 5.41) is 12.5. The summed E-state index contributed by atoms with van der Waals surface area (Å²) in [7, 11) is -3.76. The van der Waals surface area contributed by atoms with Gasteiger partial charge >= 0.3 is 5.97 Å². The molecule has 1 aromatic rings. The first-order chi connectivity index (χ1) is 8.21. The lowest BCUT2D eigenvalue weighted by Gasteiger charge is -2.17. The van der Waals surface area contributed by atoms with Gasteiger partial charge in [0.05, 0.1) is 0 Å². The second kappa shape index (κ2) is 5.49. The molecule has 102 valence electrons. The van der Waals surface area contributed by atoms with Crippen molar-refractivity contribution < 1.29 is 22.8 Å². The van der Waals surface area contributed by atoms with E-state index in [0.717, 1.165) is 0 Å². The second-order valence-corrected chi connectivity index (χ2v) is 6.12. The average Bonchev–Trinajstić information content (AvgIpc) is 2.58. The molecule has 1 aromatic heterocycles. The molecule has 1 rings (SSSR count). The fourth-order valence-corrected chi connectivity index (χ4v) is 2.76. The predicted molar refractivity (Wildman–Crippen MR) is 63.3 cm³/mol. The van der Waals surface area contributed by atoms with Crippen LogP contribution in [0, 0.1) is 12.8 Å². The molecule has 7 nitrogen and oxygen atoms in total. The van der Waals surface area contributed by atoms with Gasteiger partial charge in [0, 0.05) is 6.07 Å². The van der Waals surface area contributed by atoms with Crippen molar-refractivity contribution in [3.63, 3.8) is 0 Å². The highest BCUT2D eigenvalue weighted by atomic mass is 32.2. The Bertz CT molecular complexity index is 520. The Labute approximate surface area is 105 Å². The minimum absolute atomic E-state index is 0.243. The van der Waals surface area contributed by atoms with E-state index in [1.54, 1.807) is 20.8 Å². The van der Waals surface area contributed by atoms with Crippen LogP contribution in [0.25, 0.3) is 0 Å². The van der Waals surface area contributed by atoms with Gasteiger partial charge in [-0.2, -0.15) is 0 Å². The Morgan fingerprint density at radius 3 is 2.56 bits per heavy atom. The first kappa shape index (κ1) is 14.7. The number of aryl methyl sites for hydroxylation is 1. The van der Waals surface area contributed by atoms with E-state index in [4.69, 9.17) is 9.63 Å². The summed E-state index contributed by atoms with van der Waals surface area (Å²) in [5.74, 6) is -1.46. The minimum Gasteiger partial charge on any atom is -0.480 e. The molecule has 0 aromatic carbocycles. The third-order valence-electron chi connectivity index (χ3n) is 2.25. The lowest BCUT2D eigenvalue weighted by atomic mass is 10.1. The zero-order valence-corrected chi connectivity index (χ0v) is 11.2. The van der Waals surface area contributed by atoms with Crippen molar-refractivity contribution in [2.24, 2.45) is 5.92 Å². The lowest BCUT2D eigenvalue weighted by molar-refractivity contribution is -0.140. The normalized spacial score (nSPS) is 13.8. The number of nitrogens with one attached hydrogen (secondary N) is 1. The number of carboxylic acid groups (broad SMARTS) is 1. The smallest absolute Gasteiger partial charge is 0.321 e. The number of hydrogen-bond donors (Lipinski definition) is 2. The van der Waals surface area contributed by atoms with Crippen molar-refractivity contribution in [2.75, 3.05) is 0 Å². The molecule has 1 heterocycles. The van der Waals surface area contributed by atoms with Crippen molar-refractivity contribution in [3.05, 3.63) is 17.5 Å². The fourth-order valence-electron chi connectivity index (χ4n) is 1.39. The van der Waals surface area contributed by atoms with E-state index in [-0.39, 0.29) is 11.6 Å². The Morgan fingerprint density at radius 1 is 1.56 bits per heavy atom. The van der Waals surface area contributed by atoms with Gasteiger partial charge in [-0.05, 0) is 12.8 Å². The summed E-state index contributed by atoms with van der Waals surface area (Å²) in [4.78, 5) is 10.9. The van der Waals surface area contributed by atoms with Gasteiger partial charge in [0.1, 0.15) is 23.2 Å². The number of rotatable bonds is 6. The van der Waals surface area contributed by atoms with Crippen molar-refractivity contribution in [1.82, 2.24) is 9.88 Å². The molecule has 0 aliphatic heterocycles. The van der Waals surface area contributed by atoms with Crippen LogP contribution in [0.15, 0.2) is 10.6 Å². The lowest BCUT2D eigenvalue weighted by Crippen LogP contribution is -2.44. The van der Waals surface area contributed by atoms with Crippen molar-refractivity contribution in [3.8, 4) is 0 Å². The summed E-state index contributed by atoms with van der Waals surface area (Å²) in [5.41, 5.74) is 0.243. The minimum atomic E-state index is -3.76. The Balaban J connectivity index is 2.78. The highest BCUT2D eigenvalue weighted by Gasteiger charge is 2.27. The van der Waals surface area contributed by atoms with Gasteiger partial charge in [0.15, 0.2) is 0 Å². The SMILES string of the molecule is Cc1cc(CS(=O)(=O)N[C@H](C(=O)O)C(C)C)no1. The first-order valence-corrected chi connectivity index (χ1v) is 7.01. The number of hydrogen-bond acceptors (Lipinski definition) is 5. The largest absolute Gasteiger partial charge is 0.480 e. The average molecular weight is 276 g/mol. The van der Waals surface area contributed by atoms with Gasteiger partial charge in [0.2, 0.25) is 10.0 Å². The summed E-state index contributed by atoms with van der Waals surface area (Å²) in [6, 6.07) is 0.340. The molecule has 1 atom stereocenters. The van der Waals surface area contributed by atoms with E-state index < -0.39 is 27.8 Å². The van der Waals surface area contributed by atoms with Crippen molar-refractivity contribution in [2.45, 2.75) is 32.6 Å². The van der Waals surface area contributed by atoms with Gasteiger partial charge < -0.3 is 9.63 Å². The molecule has 0 aliphatic carbocycles. The zero-order chi connectivity index (χ0) is 13.9. The second-order valence-electron chi connectivity index (χ2n) is 4.37. The predicted octanol–water partition coefficient (Wildman–Crippen LogP) is 0.512. The van der Waals surface area contributed by atoms with Gasteiger partial charge in [-0.1, -0.05) is 19.0 Å². The van der Waals surface area contributed by atoms with Crippen molar-refractivity contribution in [1.29, 1.82) is 0 Å². The molecule has 0 radical (unpaired) electrons. The van der Waals surface area contributed by atoms with Crippen LogP contribution in [0.3, 0.4) is 0 Å². The van der Waals surface area contributed by atoms with E-state index in [2.05, 4.69) is 9.88 Å². The molecule has 18 heavy (non-hydrogen) atoms. The van der Waals surface area contributed by atoms with Crippen LogP contribution in [0.4, 0.5) is 0 Å². The fraction of sp³-hybridized carbons (Fsp3) is 0.600. The summed E-state index contributed by atoms with van der Waals surface area (Å²) < 4.78 is 30.4. The van der Waals surface area contributed by atoms with E-state index in [1.807, 2.05) is 0 Å². The maximum atomic E-state index is 11.8. The molecule has 0 fully saturated rings. The number of aromatic nitrogens is 1. The number of nitrogens with zero attached hydrogens (tertiary/aromatic N) is 1. The third-order valence-corrected chi connectivity index (χ3v) is 3.54. The van der Waals surface area contributed by atoms with Crippen LogP contribution in [-0.2, 0) is 20.6 Å². The van der Waals surface area contributed by atoms with Gasteiger partial charge in [-0.15, -0.1) is 0 Å². The Morgan fingerprint density at radius 2 is 2.17 bits per heavy atom. The molecular weight excluding hydrogens is 260 g/mol. The number of carbonyl (C=O) groups is 1. The molecule has 0 saturated carbocycles. The molecule has 0 aliphatic rings. The highest BCUT2D eigenvalue weighted by Crippen LogP contribution is 2.09.